The van der Waals surface area contributed by atoms with Gasteiger partial charge in [0.2, 0.25) is 0 Å². The molecule has 0 spiro atoms. The number of ether oxygens (including phenoxy) is 1. The van der Waals surface area contributed by atoms with Gasteiger partial charge in [-0.05, 0) is 52.8 Å². The van der Waals surface area contributed by atoms with Gasteiger partial charge in [-0.1, -0.05) is 88.7 Å². The zero-order valence-corrected chi connectivity index (χ0v) is 23.8. The zero-order valence-electron chi connectivity index (χ0n) is 23.0. The summed E-state index contributed by atoms with van der Waals surface area (Å²) in [6.07, 6.45) is -1.15. The Morgan fingerprint density at radius 1 is 1.00 bits per heavy atom. The maximum absolute atomic E-state index is 14.1. The van der Waals surface area contributed by atoms with Crippen molar-refractivity contribution < 1.29 is 14.6 Å². The van der Waals surface area contributed by atoms with E-state index in [1.54, 1.807) is 22.8 Å². The molecule has 1 unspecified atom stereocenters. The highest BCUT2D eigenvalue weighted by atomic mass is 35.5. The first-order valence-electron chi connectivity index (χ1n) is 13.1. The van der Waals surface area contributed by atoms with E-state index in [0.29, 0.717) is 40.4 Å². The summed E-state index contributed by atoms with van der Waals surface area (Å²) in [6, 6.07) is 22.1. The molecule has 0 radical (unpaired) electrons. The van der Waals surface area contributed by atoms with E-state index < -0.39 is 17.6 Å². The maximum Gasteiger partial charge on any atom is 0.405 e. The Morgan fingerprint density at radius 2 is 1.67 bits per heavy atom. The standard InChI is InChI=1S/C32H35ClN2O4/c1-20(2)18-35-28(29(32(3,4)5)34-31(37)38)27(22-11-13-23(33)14-12-22)26-17-24(15-16-25(26)30(35)36)39-19-21-9-7-6-8-10-21/h6-17,20,29,34H,18-19H2,1-5H3,(H,37,38). The van der Waals surface area contributed by atoms with Gasteiger partial charge in [0.25, 0.3) is 5.56 Å². The van der Waals surface area contributed by atoms with Crippen LogP contribution in [-0.4, -0.2) is 15.8 Å². The molecule has 39 heavy (non-hydrogen) atoms. The van der Waals surface area contributed by atoms with E-state index in [2.05, 4.69) is 5.32 Å². The molecule has 0 saturated carbocycles. The number of carbonyl (C=O) groups is 1. The minimum atomic E-state index is -1.15. The fraction of sp³-hybridized carbons (Fsp3) is 0.312. The molecule has 1 amide bonds. The average molecular weight is 547 g/mol. The third kappa shape index (κ3) is 6.45. The van der Waals surface area contributed by atoms with Crippen LogP contribution in [0.5, 0.6) is 5.75 Å². The Labute approximate surface area is 234 Å². The molecule has 1 atom stereocenters. The lowest BCUT2D eigenvalue weighted by Crippen LogP contribution is -2.40. The van der Waals surface area contributed by atoms with Crippen molar-refractivity contribution >= 4 is 28.5 Å². The number of pyridine rings is 1. The fourth-order valence-corrected chi connectivity index (χ4v) is 4.99. The second-order valence-corrected chi connectivity index (χ2v) is 11.7. The van der Waals surface area contributed by atoms with E-state index in [1.807, 2.05) is 89.2 Å². The average Bonchev–Trinajstić information content (AvgIpc) is 2.88. The molecule has 1 heterocycles. The molecular formula is C32H35ClN2O4. The largest absolute Gasteiger partial charge is 0.489 e. The van der Waals surface area contributed by atoms with Crippen LogP contribution in [-0.2, 0) is 13.2 Å². The summed E-state index contributed by atoms with van der Waals surface area (Å²) in [4.78, 5) is 26.1. The minimum absolute atomic E-state index is 0.149. The fourth-order valence-electron chi connectivity index (χ4n) is 4.86. The molecular weight excluding hydrogens is 512 g/mol. The number of halogens is 1. The van der Waals surface area contributed by atoms with E-state index in [9.17, 15) is 14.7 Å². The topological polar surface area (TPSA) is 80.6 Å². The summed E-state index contributed by atoms with van der Waals surface area (Å²) in [7, 11) is 0. The number of benzene rings is 3. The lowest BCUT2D eigenvalue weighted by molar-refractivity contribution is 0.172. The predicted molar refractivity (Wildman–Crippen MR) is 158 cm³/mol. The van der Waals surface area contributed by atoms with Gasteiger partial charge in [-0.25, -0.2) is 4.79 Å². The van der Waals surface area contributed by atoms with Gasteiger partial charge in [-0.2, -0.15) is 0 Å². The van der Waals surface area contributed by atoms with Crippen molar-refractivity contribution in [3.05, 3.63) is 99.4 Å². The molecule has 4 aromatic rings. The van der Waals surface area contributed by atoms with Gasteiger partial charge in [0.05, 0.1) is 11.7 Å². The lowest BCUT2D eigenvalue weighted by Gasteiger charge is -2.35. The van der Waals surface area contributed by atoms with Gasteiger partial charge in [-0.3, -0.25) is 4.79 Å². The Kier molecular flexibility index (Phi) is 8.36. The highest BCUT2D eigenvalue weighted by Crippen LogP contribution is 2.42. The molecule has 0 aliphatic rings. The predicted octanol–water partition coefficient (Wildman–Crippen LogP) is 7.91. The second-order valence-electron chi connectivity index (χ2n) is 11.3. The zero-order chi connectivity index (χ0) is 28.3. The van der Waals surface area contributed by atoms with E-state index in [0.717, 1.165) is 16.7 Å². The third-order valence-electron chi connectivity index (χ3n) is 6.62. The molecule has 7 heteroatoms. The summed E-state index contributed by atoms with van der Waals surface area (Å²) in [5.41, 5.74) is 2.56. The van der Waals surface area contributed by atoms with Crippen LogP contribution in [0.3, 0.4) is 0 Å². The molecule has 2 N–H and O–H groups in total. The quantitative estimate of drug-likeness (QED) is 0.235. The number of nitrogens with one attached hydrogen (secondary N) is 1. The maximum atomic E-state index is 14.1. The molecule has 3 aromatic carbocycles. The Hall–Kier alpha value is -3.77. The summed E-state index contributed by atoms with van der Waals surface area (Å²) < 4.78 is 7.88. The van der Waals surface area contributed by atoms with Crippen LogP contribution < -0.4 is 15.6 Å². The molecule has 6 nitrogen and oxygen atoms in total. The van der Waals surface area contributed by atoms with Crippen LogP contribution in [0.4, 0.5) is 4.79 Å². The highest BCUT2D eigenvalue weighted by Gasteiger charge is 2.34. The van der Waals surface area contributed by atoms with Crippen molar-refractivity contribution in [1.29, 1.82) is 0 Å². The van der Waals surface area contributed by atoms with Crippen molar-refractivity contribution in [1.82, 2.24) is 9.88 Å². The Bertz CT molecular complexity index is 1520. The number of hydrogen-bond acceptors (Lipinski definition) is 3. The van der Waals surface area contributed by atoms with E-state index in [4.69, 9.17) is 16.3 Å². The molecule has 0 aliphatic carbocycles. The van der Waals surface area contributed by atoms with Crippen LogP contribution >= 0.6 is 11.6 Å². The van der Waals surface area contributed by atoms with Crippen molar-refractivity contribution in [2.75, 3.05) is 0 Å². The first kappa shape index (κ1) is 28.2. The number of hydrogen-bond donors (Lipinski definition) is 2. The van der Waals surface area contributed by atoms with Gasteiger partial charge in [0, 0.05) is 27.9 Å². The number of fused-ring (bicyclic) bond motifs is 1. The number of carboxylic acid groups (broad SMARTS) is 1. The first-order valence-corrected chi connectivity index (χ1v) is 13.5. The van der Waals surface area contributed by atoms with Crippen LogP contribution in [0.2, 0.25) is 5.02 Å². The molecule has 204 valence electrons. The van der Waals surface area contributed by atoms with Crippen LogP contribution in [0.25, 0.3) is 21.9 Å². The lowest BCUT2D eigenvalue weighted by atomic mass is 9.80. The van der Waals surface area contributed by atoms with Crippen molar-refractivity contribution in [3.8, 4) is 16.9 Å². The minimum Gasteiger partial charge on any atom is -0.489 e. The summed E-state index contributed by atoms with van der Waals surface area (Å²) >= 11 is 6.25. The Balaban J connectivity index is 2.06. The highest BCUT2D eigenvalue weighted by molar-refractivity contribution is 6.30. The monoisotopic (exact) mass is 546 g/mol. The van der Waals surface area contributed by atoms with Crippen LogP contribution in [0, 0.1) is 11.3 Å². The third-order valence-corrected chi connectivity index (χ3v) is 6.87. The molecule has 0 bridgehead atoms. The smallest absolute Gasteiger partial charge is 0.405 e. The molecule has 0 aliphatic heterocycles. The molecule has 0 saturated heterocycles. The van der Waals surface area contributed by atoms with E-state index in [-0.39, 0.29) is 11.5 Å². The SMILES string of the molecule is CC(C)Cn1c(C(NC(=O)O)C(C)(C)C)c(-c2ccc(Cl)cc2)c2cc(OCc3ccccc3)ccc2c1=O. The van der Waals surface area contributed by atoms with Crippen molar-refractivity contribution in [2.45, 2.75) is 53.8 Å². The first-order chi connectivity index (χ1) is 18.5. The number of nitrogens with zero attached hydrogens (tertiary/aromatic N) is 1. The number of rotatable bonds is 8. The normalized spacial score (nSPS) is 12.5. The molecule has 4 rings (SSSR count). The van der Waals surface area contributed by atoms with Gasteiger partial charge < -0.3 is 19.7 Å². The van der Waals surface area contributed by atoms with Crippen molar-refractivity contribution in [2.24, 2.45) is 11.3 Å². The Morgan fingerprint density at radius 3 is 2.26 bits per heavy atom. The molecule has 0 fully saturated rings. The molecule has 1 aromatic heterocycles. The van der Waals surface area contributed by atoms with Gasteiger partial charge in [-0.15, -0.1) is 0 Å². The van der Waals surface area contributed by atoms with Gasteiger partial charge in [0.1, 0.15) is 12.4 Å². The van der Waals surface area contributed by atoms with Crippen LogP contribution in [0.15, 0.2) is 77.6 Å². The summed E-state index contributed by atoms with van der Waals surface area (Å²) in [5, 5.41) is 14.4. The summed E-state index contributed by atoms with van der Waals surface area (Å²) in [5.74, 6) is 0.767. The van der Waals surface area contributed by atoms with Crippen LogP contribution in [0.1, 0.15) is 51.9 Å². The number of aromatic nitrogens is 1. The van der Waals surface area contributed by atoms with Gasteiger partial charge >= 0.3 is 6.09 Å². The summed E-state index contributed by atoms with van der Waals surface area (Å²) in [6.45, 7) is 10.8. The van der Waals surface area contributed by atoms with Gasteiger partial charge in [0.15, 0.2) is 0 Å². The number of amides is 1. The second kappa shape index (κ2) is 11.5. The van der Waals surface area contributed by atoms with E-state index >= 15 is 0 Å². The van der Waals surface area contributed by atoms with Crippen molar-refractivity contribution in [3.63, 3.8) is 0 Å². The van der Waals surface area contributed by atoms with E-state index in [1.165, 1.54) is 0 Å².